The maximum atomic E-state index is 12.7. The molecule has 1 aromatic rings. The van der Waals surface area contributed by atoms with Crippen LogP contribution in [0.5, 0.6) is 0 Å². The van der Waals surface area contributed by atoms with E-state index in [1.54, 1.807) is 0 Å². The lowest BCUT2D eigenvalue weighted by atomic mass is 9.91. The maximum Gasteiger partial charge on any atom is 0.253 e. The number of sulfonamides is 1. The predicted molar refractivity (Wildman–Crippen MR) is 97.1 cm³/mol. The fraction of sp³-hybridized carbons (Fsp3) is 0.588. The average molecular weight is 386 g/mol. The molecule has 3 N–H and O–H groups in total. The summed E-state index contributed by atoms with van der Waals surface area (Å²) in [7, 11) is -3.59. The van der Waals surface area contributed by atoms with E-state index in [0.29, 0.717) is 13.1 Å². The Labute approximate surface area is 153 Å². The van der Waals surface area contributed by atoms with Gasteiger partial charge in [-0.25, -0.2) is 8.42 Å². The van der Waals surface area contributed by atoms with E-state index in [1.165, 1.54) is 22.5 Å². The van der Waals surface area contributed by atoms with E-state index < -0.39 is 10.0 Å². The zero-order valence-corrected chi connectivity index (χ0v) is 15.7. The topological polar surface area (TPSA) is 92.5 Å². The molecular weight excluding hydrogens is 362 g/mol. The van der Waals surface area contributed by atoms with Gasteiger partial charge in [-0.05, 0) is 43.9 Å². The van der Waals surface area contributed by atoms with E-state index in [-0.39, 0.29) is 33.5 Å². The number of carbonyl (C=O) groups excluding carboxylic acids is 1. The van der Waals surface area contributed by atoms with Crippen molar-refractivity contribution in [2.75, 3.05) is 13.1 Å². The van der Waals surface area contributed by atoms with Crippen LogP contribution >= 0.6 is 11.6 Å². The molecule has 1 aromatic carbocycles. The molecule has 1 amide bonds. The molecule has 0 bridgehead atoms. The number of benzene rings is 1. The number of hydrogen-bond acceptors (Lipinski definition) is 4. The predicted octanol–water partition coefficient (Wildman–Crippen LogP) is 2.12. The standard InChI is InChI=1S/C17H24ClN3O3S/c18-14-8-7-12(25(23,24)21-9-3-4-10-21)11-13(14)17(22)20-16-6-2-1-5-15(16)19/h7-8,11,15-16H,1-6,9-10,19H2,(H,20,22)/t15-,16-/m1/s1. The van der Waals surface area contributed by atoms with E-state index in [9.17, 15) is 13.2 Å². The van der Waals surface area contributed by atoms with Crippen LogP contribution in [0.2, 0.25) is 5.02 Å². The van der Waals surface area contributed by atoms with Crippen LogP contribution in [-0.4, -0.2) is 43.8 Å². The molecule has 25 heavy (non-hydrogen) atoms. The lowest BCUT2D eigenvalue weighted by Gasteiger charge is -2.29. The monoisotopic (exact) mass is 385 g/mol. The molecule has 6 nitrogen and oxygen atoms in total. The minimum absolute atomic E-state index is 0.0759. The van der Waals surface area contributed by atoms with Crippen LogP contribution in [-0.2, 0) is 10.0 Å². The number of nitrogens with two attached hydrogens (primary N) is 1. The number of nitrogens with zero attached hydrogens (tertiary/aromatic N) is 1. The van der Waals surface area contributed by atoms with Crippen LogP contribution in [0.3, 0.4) is 0 Å². The summed E-state index contributed by atoms with van der Waals surface area (Å²) in [6, 6.07) is 4.13. The van der Waals surface area contributed by atoms with Gasteiger partial charge in [0.15, 0.2) is 0 Å². The van der Waals surface area contributed by atoms with E-state index in [0.717, 1.165) is 38.5 Å². The Bertz CT molecular complexity index is 748. The van der Waals surface area contributed by atoms with Gasteiger partial charge in [0.1, 0.15) is 0 Å². The first-order valence-electron chi connectivity index (χ1n) is 8.76. The van der Waals surface area contributed by atoms with Gasteiger partial charge in [0.2, 0.25) is 10.0 Å². The molecule has 1 heterocycles. The van der Waals surface area contributed by atoms with E-state index in [4.69, 9.17) is 17.3 Å². The normalized spacial score (nSPS) is 25.0. The van der Waals surface area contributed by atoms with E-state index in [2.05, 4.69) is 5.32 Å². The molecule has 0 radical (unpaired) electrons. The molecule has 0 aromatic heterocycles. The highest BCUT2D eigenvalue weighted by atomic mass is 35.5. The quantitative estimate of drug-likeness (QED) is 0.830. The molecule has 1 aliphatic heterocycles. The second-order valence-corrected chi connectivity index (χ2v) is 9.13. The smallest absolute Gasteiger partial charge is 0.253 e. The van der Waals surface area contributed by atoms with Gasteiger partial charge in [-0.15, -0.1) is 0 Å². The van der Waals surface area contributed by atoms with Gasteiger partial charge >= 0.3 is 0 Å². The molecule has 8 heteroatoms. The van der Waals surface area contributed by atoms with Gasteiger partial charge in [0.25, 0.3) is 5.91 Å². The fourth-order valence-electron chi connectivity index (χ4n) is 3.50. The van der Waals surface area contributed by atoms with Gasteiger partial charge in [0, 0.05) is 25.2 Å². The zero-order chi connectivity index (χ0) is 18.0. The van der Waals surface area contributed by atoms with Crippen LogP contribution in [0.1, 0.15) is 48.9 Å². The Balaban J connectivity index is 1.82. The maximum absolute atomic E-state index is 12.7. The molecule has 0 spiro atoms. The molecule has 1 saturated heterocycles. The van der Waals surface area contributed by atoms with Gasteiger partial charge < -0.3 is 11.1 Å². The van der Waals surface area contributed by atoms with Crippen molar-refractivity contribution in [2.24, 2.45) is 5.73 Å². The summed E-state index contributed by atoms with van der Waals surface area (Å²) < 4.78 is 26.8. The Morgan fingerprint density at radius 2 is 1.84 bits per heavy atom. The lowest BCUT2D eigenvalue weighted by molar-refractivity contribution is 0.0921. The largest absolute Gasteiger partial charge is 0.348 e. The van der Waals surface area contributed by atoms with Gasteiger partial charge in [-0.2, -0.15) is 4.31 Å². The van der Waals surface area contributed by atoms with Crippen molar-refractivity contribution in [3.05, 3.63) is 28.8 Å². The van der Waals surface area contributed by atoms with Crippen molar-refractivity contribution in [1.82, 2.24) is 9.62 Å². The van der Waals surface area contributed by atoms with Crippen LogP contribution < -0.4 is 11.1 Å². The SMILES string of the molecule is N[C@@H]1CCCC[C@H]1NC(=O)c1cc(S(=O)(=O)N2CCCC2)ccc1Cl. The highest BCUT2D eigenvalue weighted by molar-refractivity contribution is 7.89. The molecular formula is C17H24ClN3O3S. The molecule has 2 fully saturated rings. The Morgan fingerprint density at radius 3 is 2.52 bits per heavy atom. The second-order valence-electron chi connectivity index (χ2n) is 6.78. The summed E-state index contributed by atoms with van der Waals surface area (Å²) in [4.78, 5) is 12.7. The number of nitrogens with one attached hydrogen (secondary N) is 1. The molecule has 2 atom stereocenters. The third-order valence-corrected chi connectivity index (χ3v) is 7.25. The summed E-state index contributed by atoms with van der Waals surface area (Å²) in [5, 5.41) is 3.16. The van der Waals surface area contributed by atoms with Gasteiger partial charge in [-0.1, -0.05) is 24.4 Å². The Morgan fingerprint density at radius 1 is 1.16 bits per heavy atom. The van der Waals surface area contributed by atoms with Crippen molar-refractivity contribution in [1.29, 1.82) is 0 Å². The number of rotatable bonds is 4. The number of halogens is 1. The van der Waals surface area contributed by atoms with E-state index in [1.807, 2.05) is 0 Å². The molecule has 2 aliphatic rings. The first kappa shape index (κ1) is 18.6. The molecule has 138 valence electrons. The number of amides is 1. The van der Waals surface area contributed by atoms with Crippen LogP contribution in [0, 0.1) is 0 Å². The molecule has 3 rings (SSSR count). The molecule has 1 aliphatic carbocycles. The van der Waals surface area contributed by atoms with Crippen molar-refractivity contribution in [2.45, 2.75) is 55.5 Å². The first-order chi connectivity index (χ1) is 11.9. The molecule has 1 saturated carbocycles. The highest BCUT2D eigenvalue weighted by Crippen LogP contribution is 2.26. The summed E-state index contributed by atoms with van der Waals surface area (Å²) in [6.45, 7) is 1.03. The van der Waals surface area contributed by atoms with Crippen molar-refractivity contribution >= 4 is 27.5 Å². The second kappa shape index (κ2) is 7.61. The van der Waals surface area contributed by atoms with Crippen molar-refractivity contribution < 1.29 is 13.2 Å². The van der Waals surface area contributed by atoms with Crippen LogP contribution in [0.25, 0.3) is 0 Å². The zero-order valence-electron chi connectivity index (χ0n) is 14.1. The molecule has 0 unspecified atom stereocenters. The first-order valence-corrected chi connectivity index (χ1v) is 10.6. The Hall–Kier alpha value is -1.15. The van der Waals surface area contributed by atoms with Crippen molar-refractivity contribution in [3.8, 4) is 0 Å². The highest BCUT2D eigenvalue weighted by Gasteiger charge is 2.29. The minimum atomic E-state index is -3.59. The minimum Gasteiger partial charge on any atom is -0.348 e. The van der Waals surface area contributed by atoms with Gasteiger partial charge in [-0.3, -0.25) is 4.79 Å². The summed E-state index contributed by atoms with van der Waals surface area (Å²) in [5.41, 5.74) is 6.26. The Kier molecular flexibility index (Phi) is 5.68. The van der Waals surface area contributed by atoms with E-state index >= 15 is 0 Å². The summed E-state index contributed by atoms with van der Waals surface area (Å²) in [6.07, 6.45) is 5.52. The van der Waals surface area contributed by atoms with Crippen LogP contribution in [0.15, 0.2) is 23.1 Å². The van der Waals surface area contributed by atoms with Crippen molar-refractivity contribution in [3.63, 3.8) is 0 Å². The number of hydrogen-bond donors (Lipinski definition) is 2. The average Bonchev–Trinajstić information content (AvgIpc) is 3.12. The third-order valence-electron chi connectivity index (χ3n) is 5.02. The number of carbonyl (C=O) groups is 1. The lowest BCUT2D eigenvalue weighted by Crippen LogP contribution is -2.49. The van der Waals surface area contributed by atoms with Crippen LogP contribution in [0.4, 0.5) is 0 Å². The third kappa shape index (κ3) is 4.00. The van der Waals surface area contributed by atoms with Gasteiger partial charge in [0.05, 0.1) is 15.5 Å². The fourth-order valence-corrected chi connectivity index (χ4v) is 5.25. The summed E-state index contributed by atoms with van der Waals surface area (Å²) >= 11 is 6.15. The summed E-state index contributed by atoms with van der Waals surface area (Å²) in [5.74, 6) is -0.370.